The van der Waals surface area contributed by atoms with E-state index in [1.54, 1.807) is 7.11 Å². The highest BCUT2D eigenvalue weighted by molar-refractivity contribution is 5.28. The maximum absolute atomic E-state index is 10.0. The van der Waals surface area contributed by atoms with Crippen molar-refractivity contribution in [3.8, 4) is 5.75 Å². The number of hydrogen-bond donors (Lipinski definition) is 1. The van der Waals surface area contributed by atoms with Crippen molar-refractivity contribution in [2.75, 3.05) is 7.11 Å². The maximum Gasteiger partial charge on any atom is 0.119 e. The van der Waals surface area contributed by atoms with E-state index < -0.39 is 0 Å². The Hall–Kier alpha value is -1.02. The van der Waals surface area contributed by atoms with Gasteiger partial charge in [-0.15, -0.1) is 0 Å². The van der Waals surface area contributed by atoms with Gasteiger partial charge in [0.15, 0.2) is 0 Å². The number of rotatable bonds is 3. The molecule has 3 unspecified atom stereocenters. The molecule has 1 aromatic carbocycles. The average Bonchev–Trinajstić information content (AvgIpc) is 2.34. The van der Waals surface area contributed by atoms with Crippen LogP contribution in [-0.2, 0) is 6.42 Å². The zero-order valence-electron chi connectivity index (χ0n) is 10.7. The monoisotopic (exact) mass is 234 g/mol. The van der Waals surface area contributed by atoms with Crippen LogP contribution < -0.4 is 4.74 Å². The standard InChI is InChI=1S/C15H22O2/c1-11-6-7-15(16)13(8-11)9-12-4-3-5-14(10-12)17-2/h3-5,10-11,13,15-16H,6-9H2,1-2H3. The van der Waals surface area contributed by atoms with Crippen molar-refractivity contribution in [1.29, 1.82) is 0 Å². The highest BCUT2D eigenvalue weighted by Gasteiger charge is 2.26. The van der Waals surface area contributed by atoms with Crippen molar-refractivity contribution < 1.29 is 9.84 Å². The Morgan fingerprint density at radius 2 is 2.18 bits per heavy atom. The second-order valence-corrected chi connectivity index (χ2v) is 5.30. The molecule has 2 nitrogen and oxygen atoms in total. The predicted octanol–water partition coefficient (Wildman–Crippen LogP) is 3.03. The van der Waals surface area contributed by atoms with E-state index in [0.29, 0.717) is 5.92 Å². The molecule has 1 fully saturated rings. The van der Waals surface area contributed by atoms with Gasteiger partial charge in [0, 0.05) is 0 Å². The minimum Gasteiger partial charge on any atom is -0.497 e. The van der Waals surface area contributed by atoms with Gasteiger partial charge in [0.1, 0.15) is 5.75 Å². The number of methoxy groups -OCH3 is 1. The zero-order valence-corrected chi connectivity index (χ0v) is 10.7. The quantitative estimate of drug-likeness (QED) is 0.871. The number of aliphatic hydroxyl groups is 1. The van der Waals surface area contributed by atoms with Crippen molar-refractivity contribution >= 4 is 0 Å². The molecule has 1 N–H and O–H groups in total. The lowest BCUT2D eigenvalue weighted by molar-refractivity contribution is 0.0519. The molecule has 94 valence electrons. The summed E-state index contributed by atoms with van der Waals surface area (Å²) in [6, 6.07) is 8.18. The number of benzene rings is 1. The largest absolute Gasteiger partial charge is 0.497 e. The Kier molecular flexibility index (Phi) is 4.06. The van der Waals surface area contributed by atoms with Gasteiger partial charge in [0.05, 0.1) is 13.2 Å². The van der Waals surface area contributed by atoms with Crippen LogP contribution in [0.25, 0.3) is 0 Å². The summed E-state index contributed by atoms with van der Waals surface area (Å²) < 4.78 is 5.23. The number of hydrogen-bond acceptors (Lipinski definition) is 2. The van der Waals surface area contributed by atoms with Crippen molar-refractivity contribution in [1.82, 2.24) is 0 Å². The fraction of sp³-hybridized carbons (Fsp3) is 0.600. The molecule has 17 heavy (non-hydrogen) atoms. The van der Waals surface area contributed by atoms with Crippen molar-refractivity contribution in [3.05, 3.63) is 29.8 Å². The fourth-order valence-electron chi connectivity index (χ4n) is 2.80. The van der Waals surface area contributed by atoms with Crippen molar-refractivity contribution in [2.24, 2.45) is 11.8 Å². The van der Waals surface area contributed by atoms with E-state index >= 15 is 0 Å². The average molecular weight is 234 g/mol. The van der Waals surface area contributed by atoms with Crippen LogP contribution in [0, 0.1) is 11.8 Å². The Balaban J connectivity index is 2.03. The molecule has 1 saturated carbocycles. The van der Waals surface area contributed by atoms with Gasteiger partial charge in [0.2, 0.25) is 0 Å². The van der Waals surface area contributed by atoms with E-state index in [2.05, 4.69) is 19.1 Å². The summed E-state index contributed by atoms with van der Waals surface area (Å²) in [5, 5.41) is 10.0. The first-order valence-corrected chi connectivity index (χ1v) is 6.50. The van der Waals surface area contributed by atoms with Crippen LogP contribution >= 0.6 is 0 Å². The SMILES string of the molecule is COc1cccc(CC2CC(C)CCC2O)c1. The second kappa shape index (κ2) is 5.54. The van der Waals surface area contributed by atoms with Gasteiger partial charge in [-0.1, -0.05) is 19.1 Å². The summed E-state index contributed by atoms with van der Waals surface area (Å²) in [4.78, 5) is 0. The van der Waals surface area contributed by atoms with Gasteiger partial charge in [-0.05, 0) is 55.2 Å². The Morgan fingerprint density at radius 3 is 2.94 bits per heavy atom. The highest BCUT2D eigenvalue weighted by atomic mass is 16.5. The molecule has 0 aromatic heterocycles. The van der Waals surface area contributed by atoms with Gasteiger partial charge in [-0.2, -0.15) is 0 Å². The summed E-state index contributed by atoms with van der Waals surface area (Å²) in [7, 11) is 1.69. The molecule has 0 saturated heterocycles. The summed E-state index contributed by atoms with van der Waals surface area (Å²) in [5.74, 6) is 2.06. The topological polar surface area (TPSA) is 29.5 Å². The minimum absolute atomic E-state index is 0.127. The molecular formula is C15H22O2. The highest BCUT2D eigenvalue weighted by Crippen LogP contribution is 2.31. The van der Waals surface area contributed by atoms with Crippen LogP contribution in [0.2, 0.25) is 0 Å². The Morgan fingerprint density at radius 1 is 1.35 bits per heavy atom. The molecule has 0 spiro atoms. The zero-order chi connectivity index (χ0) is 12.3. The first kappa shape index (κ1) is 12.4. The van der Waals surface area contributed by atoms with Crippen LogP contribution in [0.4, 0.5) is 0 Å². The Labute approximate surface area is 104 Å². The first-order chi connectivity index (χ1) is 8.19. The third kappa shape index (κ3) is 3.22. The van der Waals surface area contributed by atoms with Gasteiger partial charge in [0.25, 0.3) is 0 Å². The van der Waals surface area contributed by atoms with Crippen molar-refractivity contribution in [3.63, 3.8) is 0 Å². The predicted molar refractivity (Wildman–Crippen MR) is 69.2 cm³/mol. The third-order valence-electron chi connectivity index (χ3n) is 3.84. The molecule has 1 aromatic rings. The second-order valence-electron chi connectivity index (χ2n) is 5.30. The van der Waals surface area contributed by atoms with Gasteiger partial charge in [-0.3, -0.25) is 0 Å². The van der Waals surface area contributed by atoms with Crippen LogP contribution in [0.1, 0.15) is 31.7 Å². The molecule has 0 bridgehead atoms. The molecule has 2 rings (SSSR count). The maximum atomic E-state index is 10.0. The summed E-state index contributed by atoms with van der Waals surface area (Å²) in [6.07, 6.45) is 4.09. The van der Waals surface area contributed by atoms with E-state index in [1.165, 1.54) is 5.56 Å². The van der Waals surface area contributed by atoms with Crippen LogP contribution in [0.3, 0.4) is 0 Å². The van der Waals surface area contributed by atoms with Crippen molar-refractivity contribution in [2.45, 2.75) is 38.7 Å². The van der Waals surface area contributed by atoms with Gasteiger partial charge < -0.3 is 9.84 Å². The van der Waals surface area contributed by atoms with E-state index in [9.17, 15) is 5.11 Å². The van der Waals surface area contributed by atoms with Gasteiger partial charge >= 0.3 is 0 Å². The minimum atomic E-state index is -0.127. The lowest BCUT2D eigenvalue weighted by atomic mass is 9.77. The van der Waals surface area contributed by atoms with E-state index in [-0.39, 0.29) is 6.10 Å². The van der Waals surface area contributed by atoms with E-state index in [1.807, 2.05) is 12.1 Å². The summed E-state index contributed by atoms with van der Waals surface area (Å²) >= 11 is 0. The normalized spacial score (nSPS) is 29.0. The van der Waals surface area contributed by atoms with Crippen LogP contribution in [0.15, 0.2) is 24.3 Å². The summed E-state index contributed by atoms with van der Waals surface area (Å²) in [5.41, 5.74) is 1.27. The molecule has 0 heterocycles. The van der Waals surface area contributed by atoms with Crippen LogP contribution in [0.5, 0.6) is 5.75 Å². The lowest BCUT2D eigenvalue weighted by Gasteiger charge is -2.31. The summed E-state index contributed by atoms with van der Waals surface area (Å²) in [6.45, 7) is 2.28. The smallest absolute Gasteiger partial charge is 0.119 e. The fourth-order valence-corrected chi connectivity index (χ4v) is 2.80. The number of ether oxygens (including phenoxy) is 1. The lowest BCUT2D eigenvalue weighted by Crippen LogP contribution is -2.29. The molecule has 0 amide bonds. The number of aliphatic hydroxyl groups excluding tert-OH is 1. The molecule has 1 aliphatic rings. The molecule has 1 aliphatic carbocycles. The van der Waals surface area contributed by atoms with E-state index in [4.69, 9.17) is 4.74 Å². The molecule has 3 atom stereocenters. The van der Waals surface area contributed by atoms with Gasteiger partial charge in [-0.25, -0.2) is 0 Å². The molecular weight excluding hydrogens is 212 g/mol. The molecule has 2 heteroatoms. The Bertz CT molecular complexity index is 362. The third-order valence-corrected chi connectivity index (χ3v) is 3.84. The van der Waals surface area contributed by atoms with E-state index in [0.717, 1.165) is 37.4 Å². The molecule has 0 aliphatic heterocycles. The molecule has 0 radical (unpaired) electrons. The first-order valence-electron chi connectivity index (χ1n) is 6.50. The van der Waals surface area contributed by atoms with Crippen LogP contribution in [-0.4, -0.2) is 18.3 Å².